The molecule has 0 saturated heterocycles. The number of benzene rings is 4. The number of rotatable bonds is 14. The molecule has 2 aliphatic heterocycles. The summed E-state index contributed by atoms with van der Waals surface area (Å²) in [6.45, 7) is 76.1. The van der Waals surface area contributed by atoms with Gasteiger partial charge in [-0.2, -0.15) is 10.2 Å². The number of para-hydroxylation sites is 1. The van der Waals surface area contributed by atoms with Crippen LogP contribution in [0.1, 0.15) is 369 Å². The summed E-state index contributed by atoms with van der Waals surface area (Å²) in [5, 5.41) is 12.2. The highest BCUT2D eigenvalue weighted by Crippen LogP contribution is 2.39. The third kappa shape index (κ3) is 42.3. The highest BCUT2D eigenvalue weighted by atomic mass is 16.5. The van der Waals surface area contributed by atoms with E-state index in [0.29, 0.717) is 46.8 Å². The summed E-state index contributed by atoms with van der Waals surface area (Å²) in [4.78, 5) is 32.8. The fourth-order valence-electron chi connectivity index (χ4n) is 14.9. The van der Waals surface area contributed by atoms with Gasteiger partial charge in [-0.25, -0.2) is 29.6 Å². The molecule has 1 fully saturated rings. The summed E-state index contributed by atoms with van der Waals surface area (Å²) in [6, 6.07) is 40.9. The van der Waals surface area contributed by atoms with Crippen LogP contribution in [0.4, 0.5) is 5.82 Å². The third-order valence-electron chi connectivity index (χ3n) is 23.1. The van der Waals surface area contributed by atoms with Gasteiger partial charge in [0.05, 0.1) is 11.4 Å². The van der Waals surface area contributed by atoms with E-state index in [-0.39, 0.29) is 54.3 Å². The Labute approximate surface area is 798 Å². The minimum absolute atomic E-state index is 0. The minimum atomic E-state index is 0. The van der Waals surface area contributed by atoms with Gasteiger partial charge in [0.25, 0.3) is 0 Å². The van der Waals surface area contributed by atoms with Crippen molar-refractivity contribution in [3.63, 3.8) is 0 Å². The first-order valence-electron chi connectivity index (χ1n) is 48.0. The van der Waals surface area contributed by atoms with Crippen LogP contribution < -0.4 is 19.5 Å². The Morgan fingerprint density at radius 1 is 0.542 bits per heavy atom. The zero-order valence-electron chi connectivity index (χ0n) is 87.5. The Balaban J connectivity index is 0.000000309. The molecule has 8 heterocycles. The highest BCUT2D eigenvalue weighted by Gasteiger charge is 2.33. The first-order chi connectivity index (χ1) is 59.7. The van der Waals surface area contributed by atoms with E-state index in [1.807, 2.05) is 109 Å². The van der Waals surface area contributed by atoms with Crippen LogP contribution in [0.2, 0.25) is 0 Å². The van der Waals surface area contributed by atoms with Crippen molar-refractivity contribution in [3.8, 4) is 23.1 Å². The summed E-state index contributed by atoms with van der Waals surface area (Å²) in [7, 11) is 3.98. The number of ether oxygens (including phenoxy) is 3. The second-order valence-corrected chi connectivity index (χ2v) is 46.9. The van der Waals surface area contributed by atoms with Gasteiger partial charge in [-0.15, -0.1) is 0 Å². The van der Waals surface area contributed by atoms with Crippen molar-refractivity contribution in [1.82, 2.24) is 49.0 Å². The normalized spacial score (nSPS) is 14.1. The number of nitrogens with one attached hydrogen (secondary N) is 1. The third-order valence-corrected chi connectivity index (χ3v) is 23.1. The summed E-state index contributed by atoms with van der Waals surface area (Å²) >= 11 is 0. The van der Waals surface area contributed by atoms with E-state index in [4.69, 9.17) is 14.2 Å². The predicted octanol–water partition coefficient (Wildman–Crippen LogP) is 30.0. The molecule has 6 aromatic heterocycles. The molecule has 15 nitrogen and oxygen atoms in total. The van der Waals surface area contributed by atoms with Crippen molar-refractivity contribution >= 4 is 11.6 Å². The van der Waals surface area contributed by atoms with Crippen LogP contribution in [0.5, 0.6) is 17.2 Å². The van der Waals surface area contributed by atoms with Crippen LogP contribution in [-0.4, -0.2) is 73.6 Å². The lowest BCUT2D eigenvalue weighted by atomic mass is 9.84. The van der Waals surface area contributed by atoms with Crippen LogP contribution in [0.3, 0.4) is 0 Å². The smallest absolute Gasteiger partial charge is 0.174 e. The average molecular weight is 1790 g/mol. The van der Waals surface area contributed by atoms with Gasteiger partial charge in [-0.05, 0) is 252 Å². The van der Waals surface area contributed by atoms with Crippen molar-refractivity contribution in [1.29, 1.82) is 0 Å². The molecular weight excluding hydrogens is 1610 g/mol. The van der Waals surface area contributed by atoms with E-state index in [1.54, 1.807) is 17.3 Å². The molecule has 10 aromatic rings. The lowest BCUT2D eigenvalue weighted by molar-refractivity contribution is -0.121. The number of aryl methyl sites for hydroxylation is 9. The molecule has 15 heteroatoms. The van der Waals surface area contributed by atoms with Crippen LogP contribution >= 0.6 is 0 Å². The number of hydrogen-bond donors (Lipinski definition) is 1. The number of hydrogen-bond acceptors (Lipinski definition) is 12. The molecule has 0 bridgehead atoms. The molecule has 14 rings (SSSR count). The maximum Gasteiger partial charge on any atom is 0.174 e. The zero-order valence-corrected chi connectivity index (χ0v) is 87.5. The van der Waals surface area contributed by atoms with Crippen molar-refractivity contribution in [3.05, 3.63) is 248 Å². The van der Waals surface area contributed by atoms with Gasteiger partial charge in [0.15, 0.2) is 11.6 Å². The first-order valence-corrected chi connectivity index (χ1v) is 48.0. The lowest BCUT2D eigenvalue weighted by Gasteiger charge is -2.26. The van der Waals surface area contributed by atoms with Crippen LogP contribution in [0, 0.1) is 67.6 Å². The van der Waals surface area contributed by atoms with Crippen molar-refractivity contribution in [2.45, 2.75) is 393 Å². The van der Waals surface area contributed by atoms with Gasteiger partial charge in [0.1, 0.15) is 54.0 Å². The number of ketones is 1. The van der Waals surface area contributed by atoms with Gasteiger partial charge in [0, 0.05) is 93.5 Å². The summed E-state index contributed by atoms with van der Waals surface area (Å²) in [5.41, 5.74) is 22.0. The summed E-state index contributed by atoms with van der Waals surface area (Å²) in [6.07, 6.45) is 30.9. The summed E-state index contributed by atoms with van der Waals surface area (Å²) in [5.74, 6) is 7.70. The Morgan fingerprint density at radius 3 is 1.61 bits per heavy atom. The lowest BCUT2D eigenvalue weighted by Crippen LogP contribution is -2.30. The topological polar surface area (TPSA) is 162 Å². The fraction of sp³-hybridized carbons (Fsp3) is 0.586. The molecule has 1 N–H and O–H groups in total. The largest absolute Gasteiger partial charge is 0.489 e. The molecule has 0 spiro atoms. The maximum atomic E-state index is 11.3. The molecule has 131 heavy (non-hydrogen) atoms. The number of carbonyl (C=O) groups excluding carboxylic acids is 1. The monoisotopic (exact) mass is 1790 g/mol. The van der Waals surface area contributed by atoms with Gasteiger partial charge in [-0.3, -0.25) is 9.48 Å². The molecular formula is C116H181N11O4. The van der Waals surface area contributed by atoms with Gasteiger partial charge in [-0.1, -0.05) is 307 Å². The molecule has 1 atom stereocenters. The number of carbonyl (C=O) groups is 1. The van der Waals surface area contributed by atoms with E-state index in [0.717, 1.165) is 82.7 Å². The van der Waals surface area contributed by atoms with E-state index in [2.05, 4.69) is 341 Å². The minimum Gasteiger partial charge on any atom is -0.489 e. The van der Waals surface area contributed by atoms with Crippen LogP contribution in [-0.2, 0) is 92.1 Å². The van der Waals surface area contributed by atoms with E-state index in [9.17, 15) is 4.79 Å². The molecule has 0 radical (unpaired) electrons. The second kappa shape index (κ2) is 50.2. The van der Waals surface area contributed by atoms with Gasteiger partial charge in [0.2, 0.25) is 0 Å². The van der Waals surface area contributed by atoms with Crippen molar-refractivity contribution < 1.29 is 19.0 Å². The number of imidazole rings is 1. The Hall–Kier alpha value is -9.24. The Bertz CT molecular complexity index is 5000. The molecule has 724 valence electrons. The van der Waals surface area contributed by atoms with E-state index < -0.39 is 0 Å². The number of aromatic nitrogens is 10. The number of unbranched alkanes of at least 4 members (excludes halogenated alkanes) is 1. The molecule has 0 amide bonds. The number of anilines is 1. The number of nitrogens with zero attached hydrogens (tertiary/aromatic N) is 10. The van der Waals surface area contributed by atoms with E-state index >= 15 is 0 Å². The van der Waals surface area contributed by atoms with Crippen molar-refractivity contribution in [2.75, 3.05) is 11.9 Å². The predicted molar refractivity (Wildman–Crippen MR) is 558 cm³/mol. The van der Waals surface area contributed by atoms with Crippen molar-refractivity contribution in [2.24, 2.45) is 47.1 Å². The maximum absolute atomic E-state index is 11.3. The number of pyridine rings is 2. The van der Waals surface area contributed by atoms with E-state index in [1.165, 1.54) is 133 Å². The van der Waals surface area contributed by atoms with Crippen LogP contribution in [0.15, 0.2) is 152 Å². The van der Waals surface area contributed by atoms with Gasteiger partial charge < -0.3 is 24.1 Å². The Kier molecular flexibility index (Phi) is 43.7. The second-order valence-electron chi connectivity index (χ2n) is 46.9. The molecule has 1 saturated carbocycles. The zero-order chi connectivity index (χ0) is 96.4. The number of fused-ring (bicyclic) bond motifs is 3. The van der Waals surface area contributed by atoms with Crippen LogP contribution in [0.25, 0.3) is 5.82 Å². The molecule has 2 aliphatic carbocycles. The average Bonchev–Trinajstić information content (AvgIpc) is 1.79. The Morgan fingerprint density at radius 2 is 1.13 bits per heavy atom. The first kappa shape index (κ1) is 114. The molecule has 4 aliphatic rings. The SMILES string of the molecule is C.C.CC(C)(C)CCCCc1ncccn1.CC(C)(C)Cc1ccc2c(c1)CCCC2.CC(C)(C)c1ccc(NC2CC2)nc1.CC(C)(C)c1cccc2c1OCC(=O)C2.CC(C)CCC(C)(C)C.Cc1cc(C)n(-c2ccc(C(C)(C)C)cn2)n1.Cc1ccc2c(c1)CC(C(C)(C)C)O2.Cc1nn(C)c(C)c1CC(C)(C)C.Cn1ccnc1COc1ccc(C(C)(C)C)cc1. The fourth-order valence-corrected chi connectivity index (χ4v) is 14.9. The molecule has 4 aromatic carbocycles. The molecule has 1 unspecified atom stereocenters. The quantitative estimate of drug-likeness (QED) is 0.103. The van der Waals surface area contributed by atoms with Gasteiger partial charge >= 0.3 is 0 Å². The standard InChI is InChI=1S/C15H20N2O.C15H22.C14H19N3.C13H16O2.C13H18O.C12H18N2.C12H20N2.C11H20N2.C9H20.2CH4/c1-15(2,3)12-5-7-13(8-6-12)18-11-14-16-9-10-17(14)4;1-15(2,3)11-12-8-9-13-6-4-5-7-14(13)10-12;1-10-8-11(2)17(16-10)13-7-6-12(9-15-13)14(3,4)5;1-13(2,3)11-6-4-5-9-7-10(14)8-15-12(9)11;1-9-5-6-11-10(7-9)8-12(14-11)13(2,3)4;1-12(2,3)9-4-7-11(13-8-9)14-10-5-6-10;1-12(2,3)8-5-4-7-11-13-9-6-10-14-11;1-8-10(7-11(3,4)5)9(2)13(6)12-8;1-8(2)6-7-9(3,4)5;;/h5-10H,11H2,1-4H3;8-10H,4-7,11H2,1-3H3;6-9H,1-5H3;4-6H,7-8H2,1-3H3;5-7,12H,8H2,1-4H3;4,7-8,10H,5-6H2,1-3H3,(H,13,14);6,9-10H,4-5,7-8H2,1-3H3;7H2,1-6H3;8H,6-7H2,1-5H3;2*1H4. The number of Topliss-reactive ketones (excluding diaryl/α,β-unsaturated/α-hetero) is 1. The highest BCUT2D eigenvalue weighted by molar-refractivity contribution is 5.85. The summed E-state index contributed by atoms with van der Waals surface area (Å²) < 4.78 is 23.0.